The number of carbonyl (C=O) groups excluding carboxylic acids is 5. The number of amides is 5. The predicted octanol–water partition coefficient (Wildman–Crippen LogP) is 2.78. The molecule has 6 rings (SSSR count). The fourth-order valence-electron chi connectivity index (χ4n) is 5.82. The minimum Gasteiger partial charge on any atom is -0.492 e. The number of hydrogen-bond donors (Lipinski definition) is 4. The standard InChI is InChI=1S/C34H41N5O6S/c1-20(2)17-26-34(44)39-15-6-8-27(39)32(42)35-14-16-45-24-12-10-22(11-13-24)18-25(31(41)36-21(3)30(40)38-26)37-33(43)29-19-23-7-4-5-9-28(23)46-29/h4-5,7,9-13,19-21,25-27H,6,8,14-18H2,1-3H3,(H,35,42)(H,36,41)(H,37,43)(H,38,40)/t21-,25+,26+,27-/m1/s1. The second kappa shape index (κ2) is 14.8. The van der Waals surface area contributed by atoms with Crippen LogP contribution < -0.4 is 26.0 Å². The molecular formula is C34H41N5O6S. The molecule has 4 atom stereocenters. The molecule has 3 aromatic rings. The summed E-state index contributed by atoms with van der Waals surface area (Å²) >= 11 is 1.34. The van der Waals surface area contributed by atoms with Crippen molar-refractivity contribution < 1.29 is 28.7 Å². The van der Waals surface area contributed by atoms with Crippen molar-refractivity contribution >= 4 is 51.0 Å². The van der Waals surface area contributed by atoms with Gasteiger partial charge in [-0.15, -0.1) is 11.3 Å². The highest BCUT2D eigenvalue weighted by molar-refractivity contribution is 7.20. The molecule has 4 N–H and O–H groups in total. The summed E-state index contributed by atoms with van der Waals surface area (Å²) in [4.78, 5) is 69.2. The lowest BCUT2D eigenvalue weighted by atomic mass is 10.0. The Morgan fingerprint density at radius 3 is 2.52 bits per heavy atom. The number of benzene rings is 2. The van der Waals surface area contributed by atoms with Crippen LogP contribution in [0.4, 0.5) is 0 Å². The summed E-state index contributed by atoms with van der Waals surface area (Å²) in [6.07, 6.45) is 1.74. The highest BCUT2D eigenvalue weighted by Crippen LogP contribution is 2.25. The molecule has 11 nitrogen and oxygen atoms in total. The Morgan fingerprint density at radius 2 is 1.78 bits per heavy atom. The van der Waals surface area contributed by atoms with Gasteiger partial charge in [0, 0.05) is 17.7 Å². The maximum atomic E-state index is 13.7. The number of nitrogens with one attached hydrogen (secondary N) is 4. The maximum Gasteiger partial charge on any atom is 0.262 e. The van der Waals surface area contributed by atoms with E-state index in [1.54, 1.807) is 30.0 Å². The molecule has 4 heterocycles. The van der Waals surface area contributed by atoms with Crippen LogP contribution in [0.5, 0.6) is 5.75 Å². The van der Waals surface area contributed by atoms with E-state index in [2.05, 4.69) is 21.3 Å². The van der Waals surface area contributed by atoms with Crippen LogP contribution in [0, 0.1) is 5.92 Å². The zero-order chi connectivity index (χ0) is 32.8. The van der Waals surface area contributed by atoms with Crippen molar-refractivity contribution in [2.45, 2.75) is 70.6 Å². The highest BCUT2D eigenvalue weighted by atomic mass is 32.1. The third-order valence-corrected chi connectivity index (χ3v) is 9.33. The van der Waals surface area contributed by atoms with Crippen LogP contribution in [0.25, 0.3) is 10.1 Å². The average Bonchev–Trinajstić information content (AvgIpc) is 3.70. The minimum atomic E-state index is -1.00. The summed E-state index contributed by atoms with van der Waals surface area (Å²) in [7, 11) is 0. The van der Waals surface area contributed by atoms with E-state index < -0.39 is 41.9 Å². The molecule has 3 aliphatic heterocycles. The maximum absolute atomic E-state index is 13.7. The lowest BCUT2D eigenvalue weighted by Gasteiger charge is -2.30. The van der Waals surface area contributed by atoms with Crippen LogP contribution in [0.1, 0.15) is 55.3 Å². The van der Waals surface area contributed by atoms with Gasteiger partial charge in [-0.2, -0.15) is 0 Å². The predicted molar refractivity (Wildman–Crippen MR) is 175 cm³/mol. The van der Waals surface area contributed by atoms with Gasteiger partial charge in [0.05, 0.1) is 11.4 Å². The minimum absolute atomic E-state index is 0.0799. The first-order valence-corrected chi connectivity index (χ1v) is 16.6. The number of fused-ring (bicyclic) bond motifs is 15. The van der Waals surface area contributed by atoms with Gasteiger partial charge in [0.1, 0.15) is 36.5 Å². The van der Waals surface area contributed by atoms with Crippen molar-refractivity contribution in [3.8, 4) is 5.75 Å². The van der Waals surface area contributed by atoms with Gasteiger partial charge in [-0.25, -0.2) is 0 Å². The average molecular weight is 648 g/mol. The van der Waals surface area contributed by atoms with E-state index in [-0.39, 0.29) is 37.3 Å². The quantitative estimate of drug-likeness (QED) is 0.343. The molecule has 12 heteroatoms. The number of rotatable bonds is 4. The Balaban J connectivity index is 1.39. The van der Waals surface area contributed by atoms with Gasteiger partial charge in [0.2, 0.25) is 23.6 Å². The van der Waals surface area contributed by atoms with E-state index in [9.17, 15) is 24.0 Å². The van der Waals surface area contributed by atoms with Crippen molar-refractivity contribution in [3.05, 3.63) is 65.0 Å². The van der Waals surface area contributed by atoms with Crippen LogP contribution in [0.15, 0.2) is 54.6 Å². The van der Waals surface area contributed by atoms with Crippen LogP contribution in [0.2, 0.25) is 0 Å². The summed E-state index contributed by atoms with van der Waals surface area (Å²) in [5, 5.41) is 12.3. The smallest absolute Gasteiger partial charge is 0.262 e. The van der Waals surface area contributed by atoms with Gasteiger partial charge in [-0.3, -0.25) is 24.0 Å². The summed E-state index contributed by atoms with van der Waals surface area (Å²) in [6, 6.07) is 13.1. The molecule has 1 fully saturated rings. The van der Waals surface area contributed by atoms with Gasteiger partial charge >= 0.3 is 0 Å². The van der Waals surface area contributed by atoms with Crippen molar-refractivity contribution in [2.24, 2.45) is 5.92 Å². The third-order valence-electron chi connectivity index (χ3n) is 8.22. The molecule has 2 aromatic carbocycles. The van der Waals surface area contributed by atoms with E-state index in [4.69, 9.17) is 4.74 Å². The second-order valence-corrected chi connectivity index (χ2v) is 13.4. The van der Waals surface area contributed by atoms with E-state index in [0.717, 1.165) is 15.6 Å². The topological polar surface area (TPSA) is 146 Å². The molecule has 5 amide bonds. The lowest BCUT2D eigenvalue weighted by Crippen LogP contribution is -2.58. The Kier molecular flexibility index (Phi) is 10.6. The molecule has 2 bridgehead atoms. The SMILES string of the molecule is CC(C)C[C@@H]1NC(=O)[C@@H](C)NC(=O)[C@@H](NC(=O)c2cc3ccccc3s2)Cc2ccc(cc2)OCCNC(=O)[C@H]2CCCN2C1=O. The molecular weight excluding hydrogens is 606 g/mol. The zero-order valence-corrected chi connectivity index (χ0v) is 27.2. The summed E-state index contributed by atoms with van der Waals surface area (Å²) in [5.74, 6) is -1.36. The fourth-order valence-corrected chi connectivity index (χ4v) is 6.79. The molecule has 0 aliphatic carbocycles. The van der Waals surface area contributed by atoms with Crippen LogP contribution >= 0.6 is 11.3 Å². The molecule has 3 aliphatic rings. The molecule has 46 heavy (non-hydrogen) atoms. The van der Waals surface area contributed by atoms with E-state index in [1.165, 1.54) is 11.3 Å². The normalized spacial score (nSPS) is 23.3. The molecule has 0 unspecified atom stereocenters. The van der Waals surface area contributed by atoms with Gasteiger partial charge < -0.3 is 30.9 Å². The first-order chi connectivity index (χ1) is 22.1. The van der Waals surface area contributed by atoms with Crippen molar-refractivity contribution in [3.63, 3.8) is 0 Å². The number of ether oxygens (including phenoxy) is 1. The van der Waals surface area contributed by atoms with Crippen molar-refractivity contribution in [2.75, 3.05) is 19.7 Å². The Labute approximate surface area is 272 Å². The lowest BCUT2D eigenvalue weighted by molar-refractivity contribution is -0.142. The number of thiophene rings is 1. The van der Waals surface area contributed by atoms with Crippen molar-refractivity contribution in [1.29, 1.82) is 0 Å². The molecule has 0 radical (unpaired) electrons. The Hall–Kier alpha value is -4.45. The van der Waals surface area contributed by atoms with Crippen molar-refractivity contribution in [1.82, 2.24) is 26.2 Å². The van der Waals surface area contributed by atoms with Gasteiger partial charge in [-0.05, 0) is 67.3 Å². The van der Waals surface area contributed by atoms with E-state index in [1.807, 2.05) is 50.2 Å². The van der Waals surface area contributed by atoms with Gasteiger partial charge in [0.15, 0.2) is 0 Å². The summed E-state index contributed by atoms with van der Waals surface area (Å²) < 4.78 is 6.78. The summed E-state index contributed by atoms with van der Waals surface area (Å²) in [5.41, 5.74) is 0.771. The zero-order valence-electron chi connectivity index (χ0n) is 26.3. The number of hydrogen-bond acceptors (Lipinski definition) is 7. The first-order valence-electron chi connectivity index (χ1n) is 15.8. The third kappa shape index (κ3) is 8.03. The van der Waals surface area contributed by atoms with E-state index in [0.29, 0.717) is 36.4 Å². The monoisotopic (exact) mass is 647 g/mol. The largest absolute Gasteiger partial charge is 0.492 e. The van der Waals surface area contributed by atoms with E-state index >= 15 is 0 Å². The Morgan fingerprint density at radius 1 is 1.02 bits per heavy atom. The van der Waals surface area contributed by atoms with Gasteiger partial charge in [-0.1, -0.05) is 44.2 Å². The molecule has 244 valence electrons. The van der Waals surface area contributed by atoms with Gasteiger partial charge in [0.25, 0.3) is 5.91 Å². The van der Waals surface area contributed by atoms with Crippen LogP contribution in [-0.4, -0.2) is 78.3 Å². The molecule has 0 spiro atoms. The second-order valence-electron chi connectivity index (χ2n) is 12.3. The number of nitrogens with zero attached hydrogens (tertiary/aromatic N) is 1. The summed E-state index contributed by atoms with van der Waals surface area (Å²) in [6.45, 7) is 6.34. The Bertz CT molecular complexity index is 1560. The highest BCUT2D eigenvalue weighted by Gasteiger charge is 2.38. The van der Waals surface area contributed by atoms with Crippen LogP contribution in [-0.2, 0) is 25.6 Å². The molecule has 1 saturated heterocycles. The van der Waals surface area contributed by atoms with Crippen LogP contribution in [0.3, 0.4) is 0 Å². The molecule has 0 saturated carbocycles. The fraction of sp³-hybridized carbons (Fsp3) is 0.441. The number of carbonyl (C=O) groups is 5. The first kappa shape index (κ1) is 32.9. The molecule has 1 aromatic heterocycles.